The molecule has 2 aromatic carbocycles. The van der Waals surface area contributed by atoms with E-state index in [2.05, 4.69) is 22.1 Å². The summed E-state index contributed by atoms with van der Waals surface area (Å²) >= 11 is 0. The van der Waals surface area contributed by atoms with Crippen LogP contribution in [0.1, 0.15) is 59.4 Å². The summed E-state index contributed by atoms with van der Waals surface area (Å²) in [7, 11) is 0. The molecule has 3 aromatic heterocycles. The minimum absolute atomic E-state index is 0. The number of nitrogens with zero attached hydrogens (tertiary/aromatic N) is 2. The molecule has 0 saturated heterocycles. The molecule has 2 aliphatic rings. The first-order chi connectivity index (χ1) is 23.3. The Kier molecular flexibility index (Phi) is 13.2. The van der Waals surface area contributed by atoms with Crippen LogP contribution in [0, 0.1) is 11.6 Å². The molecule has 7 rings (SSSR count). The fourth-order valence-electron chi connectivity index (χ4n) is 6.07. The van der Waals surface area contributed by atoms with E-state index in [1.165, 1.54) is 12.1 Å². The molecule has 2 unspecified atom stereocenters. The summed E-state index contributed by atoms with van der Waals surface area (Å²) in [5, 5.41) is 0. The van der Waals surface area contributed by atoms with Crippen molar-refractivity contribution >= 4 is 105 Å². The monoisotopic (exact) mass is 690 g/mol. The quantitative estimate of drug-likeness (QED) is 0.143. The first kappa shape index (κ1) is 38.1. The number of rotatable bonds is 10. The van der Waals surface area contributed by atoms with Gasteiger partial charge in [-0.2, -0.15) is 0 Å². The molecule has 10 heteroatoms. The maximum atomic E-state index is 13.7. The predicted octanol–water partition coefficient (Wildman–Crippen LogP) is 7.98. The van der Waals surface area contributed by atoms with E-state index in [9.17, 15) is 8.78 Å². The first-order valence-electron chi connectivity index (χ1n) is 16.2. The number of fused-ring (bicyclic) bond motifs is 8. The Bertz CT molecular complexity index is 2190. The maximum absolute atomic E-state index is 13.7. The van der Waals surface area contributed by atoms with Crippen LogP contribution in [-0.4, -0.2) is 98.4 Å². The number of hydrogen-bond acceptors (Lipinski definition) is 4. The molecule has 2 aliphatic heterocycles. The van der Waals surface area contributed by atoms with Crippen molar-refractivity contribution < 1.29 is 18.3 Å². The number of halogens is 2. The molecule has 0 amide bonds. The summed E-state index contributed by atoms with van der Waals surface area (Å²) in [5.74, 6) is -0.498. The van der Waals surface area contributed by atoms with Gasteiger partial charge in [0.2, 0.25) is 0 Å². The van der Waals surface area contributed by atoms with Crippen molar-refractivity contribution in [3.63, 3.8) is 0 Å². The van der Waals surface area contributed by atoms with E-state index < -0.39 is 0 Å². The Morgan fingerprint density at radius 1 is 0.620 bits per heavy atom. The molecule has 2 N–H and O–H groups in total. The second kappa shape index (κ2) is 17.4. The van der Waals surface area contributed by atoms with Crippen molar-refractivity contribution in [2.75, 3.05) is 13.2 Å². The van der Waals surface area contributed by atoms with E-state index in [0.717, 1.165) is 67.1 Å². The van der Waals surface area contributed by atoms with E-state index in [1.54, 1.807) is 24.3 Å². The number of aromatic nitrogens is 4. The zero-order valence-electron chi connectivity index (χ0n) is 26.8. The third-order valence-corrected chi connectivity index (χ3v) is 8.53. The van der Waals surface area contributed by atoms with E-state index in [-0.39, 0.29) is 83.0 Å². The van der Waals surface area contributed by atoms with Crippen molar-refractivity contribution in [1.29, 1.82) is 0 Å². The second-order valence-electron chi connectivity index (χ2n) is 12.1. The molecule has 0 fully saturated rings. The molecule has 5 heterocycles. The molecule has 0 aliphatic carbocycles. The van der Waals surface area contributed by atoms with Crippen LogP contribution in [-0.2, 0) is 22.3 Å². The van der Waals surface area contributed by atoms with Gasteiger partial charge in [0, 0.05) is 33.2 Å². The molecule has 5 aromatic rings. The number of benzene rings is 2. The summed E-state index contributed by atoms with van der Waals surface area (Å²) in [5.41, 5.74) is 10.6. The van der Waals surface area contributed by atoms with Gasteiger partial charge >= 0.3 is 59.1 Å². The van der Waals surface area contributed by atoms with Crippen molar-refractivity contribution in [2.45, 2.75) is 38.9 Å². The molecule has 50 heavy (non-hydrogen) atoms. The third-order valence-electron chi connectivity index (χ3n) is 8.53. The number of aromatic amines is 2. The zero-order chi connectivity index (χ0) is 33.0. The van der Waals surface area contributed by atoms with Gasteiger partial charge in [0.25, 0.3) is 0 Å². The third kappa shape index (κ3) is 9.57. The van der Waals surface area contributed by atoms with Crippen LogP contribution in [0.3, 0.4) is 0 Å². The van der Waals surface area contributed by atoms with Gasteiger partial charge in [-0.3, -0.25) is 0 Å². The van der Waals surface area contributed by atoms with Crippen LogP contribution in [0.5, 0.6) is 0 Å². The molecule has 246 valence electrons. The number of nitrogens with one attached hydrogen (secondary N) is 2. The van der Waals surface area contributed by atoms with E-state index in [0.29, 0.717) is 26.1 Å². The fourth-order valence-corrected chi connectivity index (χ4v) is 6.07. The minimum atomic E-state index is -0.258. The Balaban J connectivity index is 0.00000243. The van der Waals surface area contributed by atoms with Crippen LogP contribution in [0.2, 0.25) is 0 Å². The van der Waals surface area contributed by atoms with Crippen LogP contribution < -0.4 is 0 Å². The fraction of sp³-hybridized carbons (Fsp3) is 0.200. The second-order valence-corrected chi connectivity index (χ2v) is 12.1. The summed E-state index contributed by atoms with van der Waals surface area (Å²) in [6.07, 6.45) is 6.75. The SMILES string of the molecule is CC(OCCc1cccc(F)c1)C1=Cc2cc3[nH]c(cc4nc(cc5ccc(cc1n2)[nH]5)C=C4)cc3C(C)OCCc1cccc(F)c1.[NaH].[NaH]. The first-order valence-corrected chi connectivity index (χ1v) is 16.2. The van der Waals surface area contributed by atoms with Gasteiger partial charge in [-0.25, -0.2) is 18.7 Å². The van der Waals surface area contributed by atoms with E-state index >= 15 is 0 Å². The van der Waals surface area contributed by atoms with Gasteiger partial charge in [0.05, 0.1) is 48.2 Å². The molecule has 0 spiro atoms. The predicted molar refractivity (Wildman–Crippen MR) is 202 cm³/mol. The van der Waals surface area contributed by atoms with Gasteiger partial charge in [-0.1, -0.05) is 24.3 Å². The van der Waals surface area contributed by atoms with Crippen molar-refractivity contribution in [2.24, 2.45) is 0 Å². The molecule has 2 atom stereocenters. The Morgan fingerprint density at radius 3 is 1.86 bits per heavy atom. The standard InChI is InChI=1S/C40H36F2N4O2.2Na.2H/c1-25(47-15-13-27-5-3-7-29(41)17-27)37-21-35-20-33-10-9-31(43-33)19-32-11-12-34(44-32)23-39-38(22-36(46-39)24-40(37)45-35)26(2)48-16-14-28-6-4-8-30(42)18-28;;;;/h3-12,17-26,44-45H,13-16H2,1-2H3;;;;. The number of H-pyrrole nitrogens is 2. The average Bonchev–Trinajstić information content (AvgIpc) is 3.86. The van der Waals surface area contributed by atoms with Gasteiger partial charge in [0.1, 0.15) is 11.6 Å². The summed E-state index contributed by atoms with van der Waals surface area (Å²) in [6, 6.07) is 27.4. The van der Waals surface area contributed by atoms with Crippen LogP contribution in [0.15, 0.2) is 91.0 Å². The Hall–Kier alpha value is -3.18. The molecule has 8 bridgehead atoms. The Labute approximate surface area is 334 Å². The molecule has 6 nitrogen and oxygen atoms in total. The molecular weight excluding hydrogens is 652 g/mol. The topological polar surface area (TPSA) is 75.8 Å². The van der Waals surface area contributed by atoms with Gasteiger partial charge in [-0.05, 0) is 123 Å². The molecule has 0 radical (unpaired) electrons. The normalized spacial score (nSPS) is 13.2. The zero-order valence-corrected chi connectivity index (χ0v) is 26.8. The number of hydrogen-bond donors (Lipinski definition) is 2. The van der Waals surface area contributed by atoms with Gasteiger partial charge in [-0.15, -0.1) is 0 Å². The summed E-state index contributed by atoms with van der Waals surface area (Å²) in [4.78, 5) is 16.8. The summed E-state index contributed by atoms with van der Waals surface area (Å²) in [6.45, 7) is 4.92. The average molecular weight is 691 g/mol. The van der Waals surface area contributed by atoms with Crippen LogP contribution in [0.25, 0.3) is 45.9 Å². The molecular formula is C40H38F2N4Na2O2. The van der Waals surface area contributed by atoms with Crippen LogP contribution >= 0.6 is 0 Å². The van der Waals surface area contributed by atoms with Crippen molar-refractivity contribution in [1.82, 2.24) is 19.9 Å². The Morgan fingerprint density at radius 2 is 1.22 bits per heavy atom. The summed E-state index contributed by atoms with van der Waals surface area (Å²) < 4.78 is 40.0. The van der Waals surface area contributed by atoms with Gasteiger partial charge < -0.3 is 19.4 Å². The van der Waals surface area contributed by atoms with Crippen molar-refractivity contribution in [3.8, 4) is 0 Å². The number of ether oxygens (including phenoxy) is 2. The van der Waals surface area contributed by atoms with E-state index in [1.807, 2.05) is 74.5 Å². The van der Waals surface area contributed by atoms with E-state index in [4.69, 9.17) is 19.4 Å². The molecule has 0 saturated carbocycles. The van der Waals surface area contributed by atoms with Gasteiger partial charge in [0.15, 0.2) is 0 Å². The van der Waals surface area contributed by atoms with Crippen molar-refractivity contribution in [3.05, 3.63) is 142 Å². The van der Waals surface area contributed by atoms with Crippen LogP contribution in [0.4, 0.5) is 8.78 Å².